The molecule has 0 radical (unpaired) electrons. The van der Waals surface area contributed by atoms with Crippen LogP contribution in [0.15, 0.2) is 24.3 Å². The van der Waals surface area contributed by atoms with Gasteiger partial charge in [0.1, 0.15) is 0 Å². The van der Waals surface area contributed by atoms with E-state index in [0.717, 1.165) is 12.5 Å². The van der Waals surface area contributed by atoms with Crippen molar-refractivity contribution in [2.24, 2.45) is 11.7 Å². The third-order valence-corrected chi connectivity index (χ3v) is 3.81. The van der Waals surface area contributed by atoms with Gasteiger partial charge in [-0.2, -0.15) is 0 Å². The highest BCUT2D eigenvalue weighted by Gasteiger charge is 2.20. The number of unbranched alkanes of at least 4 members (excludes halogenated alkanes) is 3. The van der Waals surface area contributed by atoms with E-state index in [1.807, 2.05) is 0 Å². The fourth-order valence-corrected chi connectivity index (χ4v) is 2.92. The molecule has 0 aliphatic carbocycles. The van der Waals surface area contributed by atoms with Gasteiger partial charge in [0.2, 0.25) is 0 Å². The lowest BCUT2D eigenvalue weighted by molar-refractivity contribution is 0.518. The third kappa shape index (κ3) is 3.49. The van der Waals surface area contributed by atoms with Gasteiger partial charge in [-0.15, -0.1) is 0 Å². The number of hydrogen-bond donors (Lipinski definition) is 1. The second kappa shape index (κ2) is 6.79. The summed E-state index contributed by atoms with van der Waals surface area (Å²) in [6, 6.07) is 8.89. The molecule has 0 amide bonds. The van der Waals surface area contributed by atoms with Crippen LogP contribution in [0.1, 0.15) is 38.2 Å². The van der Waals surface area contributed by atoms with Gasteiger partial charge in [-0.1, -0.05) is 38.0 Å². The van der Waals surface area contributed by atoms with Crippen molar-refractivity contribution in [1.82, 2.24) is 0 Å². The van der Waals surface area contributed by atoms with Crippen molar-refractivity contribution in [2.75, 3.05) is 24.5 Å². The fraction of sp³-hybridized carbons (Fsp3) is 0.625. The average Bonchev–Trinajstić information content (AvgIpc) is 2.38. The highest BCUT2D eigenvalue weighted by molar-refractivity contribution is 5.55. The Morgan fingerprint density at radius 1 is 1.17 bits per heavy atom. The van der Waals surface area contributed by atoms with Gasteiger partial charge < -0.3 is 10.6 Å². The molecule has 1 atom stereocenters. The summed E-state index contributed by atoms with van der Waals surface area (Å²) in [4.78, 5) is 2.58. The summed E-state index contributed by atoms with van der Waals surface area (Å²) < 4.78 is 0. The molecule has 2 N–H and O–H groups in total. The van der Waals surface area contributed by atoms with Gasteiger partial charge in [-0.05, 0) is 43.4 Å². The number of fused-ring (bicyclic) bond motifs is 1. The minimum atomic E-state index is 0.781. The lowest BCUT2D eigenvalue weighted by Crippen LogP contribution is -2.34. The van der Waals surface area contributed by atoms with Crippen molar-refractivity contribution >= 4 is 5.69 Å². The predicted molar refractivity (Wildman–Crippen MR) is 79.0 cm³/mol. The Hall–Kier alpha value is -1.02. The standard InChI is InChI=1S/C16H26N2/c1-14-12-15-8-4-5-9-16(15)18(13-14)11-7-3-2-6-10-17/h4-5,8-9,14H,2-3,6-7,10-13,17H2,1H3. The van der Waals surface area contributed by atoms with Crippen molar-refractivity contribution < 1.29 is 0 Å². The number of rotatable bonds is 6. The van der Waals surface area contributed by atoms with Crippen LogP contribution < -0.4 is 10.6 Å². The monoisotopic (exact) mass is 246 g/mol. The van der Waals surface area contributed by atoms with Crippen molar-refractivity contribution in [3.05, 3.63) is 29.8 Å². The number of nitrogens with zero attached hydrogens (tertiary/aromatic N) is 1. The Morgan fingerprint density at radius 3 is 2.78 bits per heavy atom. The Bertz CT molecular complexity index is 362. The van der Waals surface area contributed by atoms with Crippen LogP contribution in [-0.2, 0) is 6.42 Å². The van der Waals surface area contributed by atoms with Gasteiger partial charge in [-0.3, -0.25) is 0 Å². The summed E-state index contributed by atoms with van der Waals surface area (Å²) in [5.41, 5.74) is 8.52. The van der Waals surface area contributed by atoms with Gasteiger partial charge in [-0.25, -0.2) is 0 Å². The molecule has 0 fully saturated rings. The summed E-state index contributed by atoms with van der Waals surface area (Å²) in [6.07, 6.45) is 6.29. The van der Waals surface area contributed by atoms with E-state index in [2.05, 4.69) is 36.1 Å². The van der Waals surface area contributed by atoms with E-state index in [1.54, 1.807) is 0 Å². The van der Waals surface area contributed by atoms with Gasteiger partial charge in [0.05, 0.1) is 0 Å². The minimum absolute atomic E-state index is 0.781. The molecule has 2 rings (SSSR count). The number of anilines is 1. The summed E-state index contributed by atoms with van der Waals surface area (Å²) >= 11 is 0. The van der Waals surface area contributed by atoms with Crippen LogP contribution >= 0.6 is 0 Å². The molecule has 2 heteroatoms. The first-order valence-corrected chi connectivity index (χ1v) is 7.34. The molecule has 0 bridgehead atoms. The van der Waals surface area contributed by atoms with Crippen LogP contribution in [0.3, 0.4) is 0 Å². The molecular formula is C16H26N2. The Kier molecular flexibility index (Phi) is 5.06. The molecule has 0 saturated carbocycles. The van der Waals surface area contributed by atoms with Crippen molar-refractivity contribution in [1.29, 1.82) is 0 Å². The SMILES string of the molecule is CC1Cc2ccccc2N(CCCCCCN)C1. The Balaban J connectivity index is 1.88. The molecule has 100 valence electrons. The normalized spacial score (nSPS) is 18.8. The lowest BCUT2D eigenvalue weighted by atomic mass is 9.93. The van der Waals surface area contributed by atoms with E-state index in [9.17, 15) is 0 Å². The highest BCUT2D eigenvalue weighted by atomic mass is 15.1. The quantitative estimate of drug-likeness (QED) is 0.781. The zero-order valence-corrected chi connectivity index (χ0v) is 11.6. The second-order valence-electron chi connectivity index (χ2n) is 5.59. The molecule has 18 heavy (non-hydrogen) atoms. The van der Waals surface area contributed by atoms with Crippen molar-refractivity contribution in [3.8, 4) is 0 Å². The van der Waals surface area contributed by atoms with Gasteiger partial charge in [0.15, 0.2) is 0 Å². The topological polar surface area (TPSA) is 29.3 Å². The first-order chi connectivity index (χ1) is 8.81. The third-order valence-electron chi connectivity index (χ3n) is 3.81. The molecule has 0 spiro atoms. The van der Waals surface area contributed by atoms with Gasteiger partial charge in [0.25, 0.3) is 0 Å². The van der Waals surface area contributed by atoms with Crippen LogP contribution in [0.4, 0.5) is 5.69 Å². The number of para-hydroxylation sites is 1. The average molecular weight is 246 g/mol. The van der Waals surface area contributed by atoms with Gasteiger partial charge in [0, 0.05) is 18.8 Å². The van der Waals surface area contributed by atoms with E-state index in [1.165, 1.54) is 56.4 Å². The molecule has 1 heterocycles. The number of benzene rings is 1. The molecule has 1 unspecified atom stereocenters. The Labute approximate surface area is 111 Å². The number of hydrogen-bond acceptors (Lipinski definition) is 2. The molecule has 1 aliphatic heterocycles. The number of nitrogens with two attached hydrogens (primary N) is 1. The fourth-order valence-electron chi connectivity index (χ4n) is 2.92. The first-order valence-electron chi connectivity index (χ1n) is 7.34. The van der Waals surface area contributed by atoms with E-state index < -0.39 is 0 Å². The smallest absolute Gasteiger partial charge is 0.0398 e. The van der Waals surface area contributed by atoms with Crippen molar-refractivity contribution in [2.45, 2.75) is 39.0 Å². The molecule has 1 aromatic carbocycles. The predicted octanol–water partition coefficient (Wildman–Crippen LogP) is 3.20. The van der Waals surface area contributed by atoms with Crippen LogP contribution in [0.5, 0.6) is 0 Å². The van der Waals surface area contributed by atoms with Gasteiger partial charge >= 0.3 is 0 Å². The molecule has 2 nitrogen and oxygen atoms in total. The highest BCUT2D eigenvalue weighted by Crippen LogP contribution is 2.29. The van der Waals surface area contributed by atoms with E-state index in [4.69, 9.17) is 5.73 Å². The van der Waals surface area contributed by atoms with E-state index in [0.29, 0.717) is 0 Å². The maximum absolute atomic E-state index is 5.52. The van der Waals surface area contributed by atoms with Crippen LogP contribution in [0, 0.1) is 5.92 Å². The van der Waals surface area contributed by atoms with Crippen molar-refractivity contribution in [3.63, 3.8) is 0 Å². The van der Waals surface area contributed by atoms with E-state index in [-0.39, 0.29) is 0 Å². The van der Waals surface area contributed by atoms with E-state index >= 15 is 0 Å². The summed E-state index contributed by atoms with van der Waals surface area (Å²) in [7, 11) is 0. The lowest BCUT2D eigenvalue weighted by Gasteiger charge is -2.35. The first kappa shape index (κ1) is 13.4. The summed E-state index contributed by atoms with van der Waals surface area (Å²) in [5.74, 6) is 0.781. The zero-order valence-electron chi connectivity index (χ0n) is 11.6. The summed E-state index contributed by atoms with van der Waals surface area (Å²) in [6.45, 7) is 5.61. The summed E-state index contributed by atoms with van der Waals surface area (Å²) in [5, 5.41) is 0. The zero-order chi connectivity index (χ0) is 12.8. The molecule has 0 aromatic heterocycles. The molecule has 1 aliphatic rings. The second-order valence-corrected chi connectivity index (χ2v) is 5.59. The maximum atomic E-state index is 5.52. The van der Waals surface area contributed by atoms with Crippen LogP contribution in [0.2, 0.25) is 0 Å². The maximum Gasteiger partial charge on any atom is 0.0398 e. The van der Waals surface area contributed by atoms with Crippen LogP contribution in [0.25, 0.3) is 0 Å². The minimum Gasteiger partial charge on any atom is -0.371 e. The molecule has 0 saturated heterocycles. The van der Waals surface area contributed by atoms with Crippen LogP contribution in [-0.4, -0.2) is 19.6 Å². The largest absolute Gasteiger partial charge is 0.371 e. The Morgan fingerprint density at radius 2 is 1.94 bits per heavy atom. The molecule has 1 aromatic rings. The molecular weight excluding hydrogens is 220 g/mol.